The molecule has 0 saturated carbocycles. The number of carbonyl (C=O) groups excluding carboxylic acids is 1. The topological polar surface area (TPSA) is 37.3 Å². The minimum absolute atomic E-state index is 0.556. The summed E-state index contributed by atoms with van der Waals surface area (Å²) >= 11 is 0. The molecule has 1 rings (SSSR count). The largest absolute Gasteiger partial charge is 0.386 e. The molecule has 0 aromatic carbocycles. The first kappa shape index (κ1) is 80.6. The number of allylic oxidation sites excluding steroid dienone is 8. The normalized spacial score (nSPS) is 17.4. The lowest BCUT2D eigenvalue weighted by Gasteiger charge is -2.22. The fourth-order valence-electron chi connectivity index (χ4n) is 10.6. The van der Waals surface area contributed by atoms with Gasteiger partial charge in [0.25, 0.3) is 0 Å². The average molecular weight is 1090 g/mol. The van der Waals surface area contributed by atoms with Gasteiger partial charge in [-0.25, -0.2) is 0 Å². The molecule has 0 radical (unpaired) electrons. The summed E-state index contributed by atoms with van der Waals surface area (Å²) < 4.78 is 0. The molecule has 0 bridgehead atoms. The minimum Gasteiger partial charge on any atom is -0.386 e. The highest BCUT2D eigenvalue weighted by Crippen LogP contribution is 2.26. The van der Waals surface area contributed by atoms with Crippen LogP contribution in [0.3, 0.4) is 0 Å². The second-order valence-electron chi connectivity index (χ2n) is 25.2. The summed E-state index contributed by atoms with van der Waals surface area (Å²) in [6, 6.07) is 0. The van der Waals surface area contributed by atoms with Gasteiger partial charge in [-0.05, 0) is 116 Å². The van der Waals surface area contributed by atoms with Crippen LogP contribution >= 0.6 is 0 Å². The molecule has 2 nitrogen and oxygen atoms in total. The Kier molecular flexibility index (Phi) is 71.9. The second kappa shape index (κ2) is 69.6. The Labute approximate surface area is 494 Å². The maximum atomic E-state index is 10.5. The van der Waals surface area contributed by atoms with E-state index in [4.69, 9.17) is 0 Å². The van der Waals surface area contributed by atoms with Crippen LogP contribution < -0.4 is 0 Å². The molecular weight excluding hydrogens is 945 g/mol. The van der Waals surface area contributed by atoms with E-state index in [1.165, 1.54) is 307 Å². The van der Waals surface area contributed by atoms with Crippen molar-refractivity contribution in [2.45, 2.75) is 408 Å². The summed E-state index contributed by atoms with van der Waals surface area (Å²) in [7, 11) is 0. The second-order valence-corrected chi connectivity index (χ2v) is 25.2. The number of carbonyl (C=O) groups is 1. The fraction of sp³-hybridized carbons (Fsp3) is 0.855. The van der Waals surface area contributed by atoms with Crippen LogP contribution in [0.2, 0.25) is 0 Å². The fourth-order valence-corrected chi connectivity index (χ4v) is 10.6. The molecule has 462 valence electrons. The standard InChI is InChI=1S/C20H34O.C20H42.C18H34O.C18H36/c1-16(2)19-12-11-18(4)9-6-8-17(3)10-7-14-20(5,21)15-13-19;1-3-5-7-9-11-13-15-17-19-20-18-16-14-12-10-8-6-4-2;1-2-3-4-5-6-7-8-9-10-11-12-13-14-15-16-17-18-19;1-3-5-7-9-11-13-15-17-18-16-14-12-10-8-6-4-2/h9-10,13,15-16,19,21H,6-8,11-12,14H2,1-5H3;3-20H2,1-2H3;9-10,18H,2-8,11-17H2,1H3;3H,1,4-18H2,2H3/b15-13?,17-10+,18-9-;;10-9-;. The monoisotopic (exact) mass is 1090 g/mol. The predicted octanol–water partition coefficient (Wildman–Crippen LogP) is 27.1. The zero-order chi connectivity index (χ0) is 57.9. The highest BCUT2D eigenvalue weighted by atomic mass is 16.3. The summed E-state index contributed by atoms with van der Waals surface area (Å²) in [6.07, 6.45) is 88.8. The molecule has 0 fully saturated rings. The molecule has 0 aromatic heterocycles. The van der Waals surface area contributed by atoms with Crippen LogP contribution in [0, 0.1) is 11.8 Å². The van der Waals surface area contributed by atoms with Gasteiger partial charge in [0.1, 0.15) is 6.29 Å². The Balaban J connectivity index is -0.000000963. The number of unbranched alkanes of at least 4 members (excludes halogenated alkanes) is 43. The SMILES string of the molecule is C/C1=C/CC/C(C)=C/CCC(C)(O)C=CC(C(C)C)CC1.C=CCCCCCCCCCCCCCCCC.CCCCCCCC/C=C\CCCCCCCC=O.CCCCCCCCCCCCCCCCCCCC. The van der Waals surface area contributed by atoms with E-state index in [1.807, 2.05) is 19.1 Å². The number of aldehydes is 1. The van der Waals surface area contributed by atoms with Crippen LogP contribution in [0.15, 0.2) is 60.3 Å². The van der Waals surface area contributed by atoms with Crippen molar-refractivity contribution in [3.05, 3.63) is 60.3 Å². The summed E-state index contributed by atoms with van der Waals surface area (Å²) in [5.74, 6) is 1.18. The summed E-state index contributed by atoms with van der Waals surface area (Å²) in [4.78, 5) is 10.1. The molecule has 0 heterocycles. The van der Waals surface area contributed by atoms with Gasteiger partial charge in [0, 0.05) is 6.42 Å². The van der Waals surface area contributed by atoms with Crippen LogP contribution in [0.5, 0.6) is 0 Å². The van der Waals surface area contributed by atoms with Gasteiger partial charge in [-0.3, -0.25) is 0 Å². The third-order valence-corrected chi connectivity index (χ3v) is 16.4. The number of aliphatic hydroxyl groups is 1. The van der Waals surface area contributed by atoms with Crippen molar-refractivity contribution in [3.63, 3.8) is 0 Å². The Morgan fingerprint density at radius 3 is 1.08 bits per heavy atom. The molecule has 0 aromatic rings. The summed E-state index contributed by atoms with van der Waals surface area (Å²) in [6.45, 7) is 23.8. The number of hydrogen-bond acceptors (Lipinski definition) is 2. The molecule has 0 amide bonds. The third-order valence-electron chi connectivity index (χ3n) is 16.4. The van der Waals surface area contributed by atoms with Crippen molar-refractivity contribution in [1.82, 2.24) is 0 Å². The van der Waals surface area contributed by atoms with E-state index in [9.17, 15) is 9.90 Å². The van der Waals surface area contributed by atoms with Crippen molar-refractivity contribution in [2.24, 2.45) is 11.8 Å². The minimum atomic E-state index is -0.682. The van der Waals surface area contributed by atoms with E-state index < -0.39 is 5.60 Å². The van der Waals surface area contributed by atoms with Crippen molar-refractivity contribution < 1.29 is 9.90 Å². The first-order chi connectivity index (χ1) is 38.0. The maximum Gasteiger partial charge on any atom is 0.119 e. The first-order valence-corrected chi connectivity index (χ1v) is 35.5. The first-order valence-electron chi connectivity index (χ1n) is 35.5. The maximum absolute atomic E-state index is 10.5. The van der Waals surface area contributed by atoms with Crippen molar-refractivity contribution in [3.8, 4) is 0 Å². The lowest BCUT2D eigenvalue weighted by atomic mass is 9.87. The molecular formula is C76H146O2. The van der Waals surface area contributed by atoms with Crippen LogP contribution in [0.4, 0.5) is 0 Å². The molecule has 1 aliphatic carbocycles. The molecule has 2 atom stereocenters. The lowest BCUT2D eigenvalue weighted by Crippen LogP contribution is -2.21. The number of hydrogen-bond donors (Lipinski definition) is 1. The van der Waals surface area contributed by atoms with Gasteiger partial charge < -0.3 is 9.90 Å². The molecule has 0 spiro atoms. The van der Waals surface area contributed by atoms with Crippen LogP contribution in [0.1, 0.15) is 403 Å². The van der Waals surface area contributed by atoms with Gasteiger partial charge in [-0.2, -0.15) is 0 Å². The quantitative estimate of drug-likeness (QED) is 0.0375. The Morgan fingerprint density at radius 2 is 0.756 bits per heavy atom. The smallest absolute Gasteiger partial charge is 0.119 e. The third kappa shape index (κ3) is 72.3. The Morgan fingerprint density at radius 1 is 0.462 bits per heavy atom. The molecule has 2 heteroatoms. The molecule has 1 aliphatic rings. The lowest BCUT2D eigenvalue weighted by molar-refractivity contribution is -0.107. The molecule has 0 aliphatic heterocycles. The zero-order valence-electron chi connectivity index (χ0n) is 55.3. The van der Waals surface area contributed by atoms with E-state index in [0.717, 1.165) is 51.2 Å². The van der Waals surface area contributed by atoms with Gasteiger partial charge in [-0.15, -0.1) is 6.58 Å². The average Bonchev–Trinajstić information content (AvgIpc) is 3.42. The van der Waals surface area contributed by atoms with Crippen LogP contribution in [0.25, 0.3) is 0 Å². The van der Waals surface area contributed by atoms with Gasteiger partial charge in [0.05, 0.1) is 5.60 Å². The highest BCUT2D eigenvalue weighted by Gasteiger charge is 2.18. The zero-order valence-corrected chi connectivity index (χ0v) is 55.3. The van der Waals surface area contributed by atoms with E-state index in [0.29, 0.717) is 11.8 Å². The van der Waals surface area contributed by atoms with E-state index in [1.54, 1.807) is 0 Å². The van der Waals surface area contributed by atoms with Crippen LogP contribution in [-0.4, -0.2) is 17.0 Å². The van der Waals surface area contributed by atoms with Crippen LogP contribution in [-0.2, 0) is 4.79 Å². The van der Waals surface area contributed by atoms with E-state index in [-0.39, 0.29) is 0 Å². The Bertz CT molecular complexity index is 1250. The van der Waals surface area contributed by atoms with Crippen molar-refractivity contribution in [1.29, 1.82) is 0 Å². The predicted molar refractivity (Wildman–Crippen MR) is 358 cm³/mol. The molecule has 0 saturated heterocycles. The van der Waals surface area contributed by atoms with Gasteiger partial charge in [0.2, 0.25) is 0 Å². The van der Waals surface area contributed by atoms with Crippen molar-refractivity contribution in [2.75, 3.05) is 0 Å². The Hall–Kier alpha value is -1.67. The summed E-state index contributed by atoms with van der Waals surface area (Å²) in [5, 5.41) is 10.5. The highest BCUT2D eigenvalue weighted by molar-refractivity contribution is 5.48. The molecule has 78 heavy (non-hydrogen) atoms. The number of rotatable bonds is 48. The van der Waals surface area contributed by atoms with Gasteiger partial charge in [-0.1, -0.05) is 346 Å². The van der Waals surface area contributed by atoms with Crippen molar-refractivity contribution >= 4 is 6.29 Å². The molecule has 2 unspecified atom stereocenters. The van der Waals surface area contributed by atoms with Gasteiger partial charge in [0.15, 0.2) is 0 Å². The molecule has 1 N–H and O–H groups in total. The van der Waals surface area contributed by atoms with Gasteiger partial charge >= 0.3 is 0 Å². The van der Waals surface area contributed by atoms with E-state index in [2.05, 4.69) is 92.3 Å². The summed E-state index contributed by atoms with van der Waals surface area (Å²) in [5.41, 5.74) is 2.26. The van der Waals surface area contributed by atoms with E-state index >= 15 is 0 Å².